The van der Waals surface area contributed by atoms with Crippen LogP contribution in [0.3, 0.4) is 0 Å². The number of hydrogen-bond donors (Lipinski definition) is 1. The molecule has 0 saturated carbocycles. The van der Waals surface area contributed by atoms with E-state index in [0.29, 0.717) is 6.42 Å². The Hall–Kier alpha value is -1.32. The van der Waals surface area contributed by atoms with Crippen LogP contribution in [0.25, 0.3) is 0 Å². The molecule has 4 nitrogen and oxygen atoms in total. The van der Waals surface area contributed by atoms with E-state index < -0.39 is 5.97 Å². The molecule has 1 N–H and O–H groups in total. The maximum atomic E-state index is 12.3. The van der Waals surface area contributed by atoms with Crippen LogP contribution in [0.1, 0.15) is 142 Å². The van der Waals surface area contributed by atoms with Gasteiger partial charge in [0.2, 0.25) is 0 Å². The molecule has 0 aromatic heterocycles. The molecule has 0 spiro atoms. The first-order valence-electron chi connectivity index (χ1n) is 13.2. The molecule has 0 aromatic carbocycles. The summed E-state index contributed by atoms with van der Waals surface area (Å²) in [4.78, 5) is 22.9. The number of carbonyl (C=O) groups excluding carboxylic acids is 1. The van der Waals surface area contributed by atoms with Crippen molar-refractivity contribution in [2.45, 2.75) is 148 Å². The van der Waals surface area contributed by atoms with Gasteiger partial charge in [0, 0.05) is 12.8 Å². The van der Waals surface area contributed by atoms with E-state index in [2.05, 4.69) is 26.0 Å². The van der Waals surface area contributed by atoms with E-state index in [0.717, 1.165) is 57.8 Å². The fourth-order valence-electron chi connectivity index (χ4n) is 3.77. The number of carboxylic acids is 1. The Morgan fingerprint density at radius 1 is 0.677 bits per heavy atom. The van der Waals surface area contributed by atoms with Gasteiger partial charge in [0.1, 0.15) is 6.10 Å². The van der Waals surface area contributed by atoms with E-state index in [9.17, 15) is 9.59 Å². The Morgan fingerprint density at radius 3 is 1.87 bits per heavy atom. The number of esters is 1. The Morgan fingerprint density at radius 2 is 1.23 bits per heavy atom. The molecular formula is C27H50O4. The van der Waals surface area contributed by atoms with E-state index in [-0.39, 0.29) is 18.5 Å². The first-order chi connectivity index (χ1) is 15.1. The van der Waals surface area contributed by atoms with Crippen LogP contribution in [-0.4, -0.2) is 23.1 Å². The zero-order valence-corrected chi connectivity index (χ0v) is 20.5. The minimum atomic E-state index is -0.716. The Bertz CT molecular complexity index is 445. The largest absolute Gasteiger partial charge is 0.481 e. The van der Waals surface area contributed by atoms with Crippen LogP contribution in [0.4, 0.5) is 0 Å². The lowest BCUT2D eigenvalue weighted by molar-refractivity contribution is -0.150. The minimum absolute atomic E-state index is 0.0335. The first-order valence-corrected chi connectivity index (χ1v) is 13.2. The van der Waals surface area contributed by atoms with Gasteiger partial charge in [0.15, 0.2) is 0 Å². The number of aliphatic carboxylic acids is 1. The lowest BCUT2D eigenvalue weighted by Gasteiger charge is -2.18. The molecule has 0 heterocycles. The standard InChI is InChI=1S/C27H50O4/c1-3-5-7-9-10-11-12-13-14-20-24-27(30)31-25(21-17-8-6-4-2)22-18-15-16-19-23-26(28)29/h7,9,25H,3-6,8,10-24H2,1-2H3,(H,28,29)/b9-7-. The van der Waals surface area contributed by atoms with E-state index >= 15 is 0 Å². The monoisotopic (exact) mass is 438 g/mol. The molecule has 4 heteroatoms. The maximum absolute atomic E-state index is 12.3. The molecule has 0 aliphatic rings. The van der Waals surface area contributed by atoms with Gasteiger partial charge in [-0.2, -0.15) is 0 Å². The molecule has 0 amide bonds. The average Bonchev–Trinajstić information content (AvgIpc) is 2.74. The molecule has 0 aliphatic carbocycles. The quantitative estimate of drug-likeness (QED) is 0.0988. The number of rotatable bonds is 23. The van der Waals surface area contributed by atoms with Gasteiger partial charge in [-0.1, -0.05) is 83.8 Å². The highest BCUT2D eigenvalue weighted by atomic mass is 16.5. The van der Waals surface area contributed by atoms with Crippen LogP contribution in [0.5, 0.6) is 0 Å². The SMILES string of the molecule is CCC/C=C\CCCCCCCC(=O)OC(CCCCCC)CCCCCCC(=O)O. The highest BCUT2D eigenvalue weighted by Gasteiger charge is 2.14. The molecule has 31 heavy (non-hydrogen) atoms. The van der Waals surface area contributed by atoms with Crippen LogP contribution in [-0.2, 0) is 14.3 Å². The molecule has 0 bridgehead atoms. The van der Waals surface area contributed by atoms with Gasteiger partial charge < -0.3 is 9.84 Å². The summed E-state index contributed by atoms with van der Waals surface area (Å²) in [6.07, 6.45) is 25.1. The molecule has 0 rings (SSSR count). The third-order valence-corrected chi connectivity index (χ3v) is 5.72. The maximum Gasteiger partial charge on any atom is 0.306 e. The van der Waals surface area contributed by atoms with Crippen molar-refractivity contribution >= 4 is 11.9 Å². The number of ether oxygens (including phenoxy) is 1. The number of hydrogen-bond acceptors (Lipinski definition) is 3. The predicted octanol–water partition coefficient (Wildman–Crippen LogP) is 8.38. The Labute approximate surface area is 192 Å². The van der Waals surface area contributed by atoms with Gasteiger partial charge in [0.25, 0.3) is 0 Å². The second kappa shape index (κ2) is 23.3. The highest BCUT2D eigenvalue weighted by Crippen LogP contribution is 2.17. The number of carbonyl (C=O) groups is 2. The summed E-state index contributed by atoms with van der Waals surface area (Å²) >= 11 is 0. The van der Waals surface area contributed by atoms with Crippen LogP contribution >= 0.6 is 0 Å². The average molecular weight is 439 g/mol. The summed E-state index contributed by atoms with van der Waals surface area (Å²) in [6, 6.07) is 0. The van der Waals surface area contributed by atoms with Gasteiger partial charge in [0.05, 0.1) is 0 Å². The van der Waals surface area contributed by atoms with E-state index in [1.807, 2.05) is 0 Å². The zero-order chi connectivity index (χ0) is 23.0. The van der Waals surface area contributed by atoms with Crippen molar-refractivity contribution < 1.29 is 19.4 Å². The van der Waals surface area contributed by atoms with Crippen molar-refractivity contribution in [2.75, 3.05) is 0 Å². The van der Waals surface area contributed by atoms with Crippen LogP contribution in [0, 0.1) is 0 Å². The van der Waals surface area contributed by atoms with Crippen molar-refractivity contribution in [1.82, 2.24) is 0 Å². The second-order valence-electron chi connectivity index (χ2n) is 8.87. The predicted molar refractivity (Wildman–Crippen MR) is 130 cm³/mol. The fourth-order valence-corrected chi connectivity index (χ4v) is 3.77. The van der Waals surface area contributed by atoms with Crippen molar-refractivity contribution in [3.05, 3.63) is 12.2 Å². The molecule has 0 aliphatic heterocycles. The lowest BCUT2D eigenvalue weighted by atomic mass is 10.0. The fraction of sp³-hybridized carbons (Fsp3) is 0.852. The number of unbranched alkanes of at least 4 members (excludes halogenated alkanes) is 12. The van der Waals surface area contributed by atoms with E-state index in [4.69, 9.17) is 9.84 Å². The van der Waals surface area contributed by atoms with Gasteiger partial charge in [-0.15, -0.1) is 0 Å². The van der Waals surface area contributed by atoms with Gasteiger partial charge >= 0.3 is 11.9 Å². The number of carboxylic acid groups (broad SMARTS) is 1. The smallest absolute Gasteiger partial charge is 0.306 e. The van der Waals surface area contributed by atoms with E-state index in [1.165, 1.54) is 57.8 Å². The normalized spacial score (nSPS) is 12.3. The van der Waals surface area contributed by atoms with Crippen molar-refractivity contribution in [2.24, 2.45) is 0 Å². The molecule has 0 saturated heterocycles. The summed E-state index contributed by atoms with van der Waals surface area (Å²) in [6.45, 7) is 4.41. The summed E-state index contributed by atoms with van der Waals surface area (Å²) in [5, 5.41) is 8.71. The number of allylic oxidation sites excluding steroid dienone is 2. The topological polar surface area (TPSA) is 63.6 Å². The Balaban J connectivity index is 3.93. The first kappa shape index (κ1) is 29.7. The summed E-state index contributed by atoms with van der Waals surface area (Å²) < 4.78 is 5.82. The lowest BCUT2D eigenvalue weighted by Crippen LogP contribution is -2.18. The highest BCUT2D eigenvalue weighted by molar-refractivity contribution is 5.69. The third kappa shape index (κ3) is 23.2. The van der Waals surface area contributed by atoms with E-state index in [1.54, 1.807) is 0 Å². The molecule has 0 aromatic rings. The van der Waals surface area contributed by atoms with Crippen LogP contribution < -0.4 is 0 Å². The second-order valence-corrected chi connectivity index (χ2v) is 8.87. The van der Waals surface area contributed by atoms with Crippen LogP contribution in [0.15, 0.2) is 12.2 Å². The van der Waals surface area contributed by atoms with Crippen molar-refractivity contribution in [3.8, 4) is 0 Å². The minimum Gasteiger partial charge on any atom is -0.481 e. The molecule has 1 atom stereocenters. The molecule has 0 fully saturated rings. The molecule has 0 radical (unpaired) electrons. The van der Waals surface area contributed by atoms with Gasteiger partial charge in [-0.3, -0.25) is 9.59 Å². The third-order valence-electron chi connectivity index (χ3n) is 5.72. The summed E-state index contributed by atoms with van der Waals surface area (Å²) in [5.41, 5.74) is 0. The van der Waals surface area contributed by atoms with Gasteiger partial charge in [-0.05, 0) is 57.8 Å². The zero-order valence-electron chi connectivity index (χ0n) is 20.5. The molecule has 1 unspecified atom stereocenters. The summed E-state index contributed by atoms with van der Waals surface area (Å²) in [5.74, 6) is -0.750. The van der Waals surface area contributed by atoms with Crippen molar-refractivity contribution in [3.63, 3.8) is 0 Å². The van der Waals surface area contributed by atoms with Crippen LogP contribution in [0.2, 0.25) is 0 Å². The molecule has 182 valence electrons. The molecular weight excluding hydrogens is 388 g/mol. The summed E-state index contributed by atoms with van der Waals surface area (Å²) in [7, 11) is 0. The Kier molecular flexibility index (Phi) is 22.4. The van der Waals surface area contributed by atoms with Crippen molar-refractivity contribution in [1.29, 1.82) is 0 Å². The van der Waals surface area contributed by atoms with Gasteiger partial charge in [-0.25, -0.2) is 0 Å².